The molecule has 0 amide bonds. The number of rotatable bonds is 2. The summed E-state index contributed by atoms with van der Waals surface area (Å²) in [6.45, 7) is 1.02. The number of alkyl halides is 3. The van der Waals surface area contributed by atoms with Crippen LogP contribution < -0.4 is 0 Å². The Morgan fingerprint density at radius 3 is 2.82 bits per heavy atom. The monoisotopic (exact) mass is 331 g/mol. The normalized spacial score (nSPS) is 20.0. The summed E-state index contributed by atoms with van der Waals surface area (Å²) in [5.41, 5.74) is -0.825. The Bertz CT molecular complexity index is 708. The maximum absolute atomic E-state index is 13.3. The lowest BCUT2D eigenvalue weighted by atomic mass is 10.1. The van der Waals surface area contributed by atoms with Crippen molar-refractivity contribution in [3.8, 4) is 0 Å². The first-order chi connectivity index (χ1) is 10.3. The van der Waals surface area contributed by atoms with Crippen LogP contribution in [0.3, 0.4) is 0 Å². The smallest absolute Gasteiger partial charge is 0.392 e. The molecule has 4 nitrogen and oxygen atoms in total. The molecule has 3 rings (SSSR count). The third-order valence-electron chi connectivity index (χ3n) is 3.68. The van der Waals surface area contributed by atoms with Gasteiger partial charge in [0.2, 0.25) is 0 Å². The summed E-state index contributed by atoms with van der Waals surface area (Å²) in [7, 11) is 0. The number of likely N-dealkylation sites (tertiary alicyclic amines) is 1. The topological polar surface area (TPSA) is 49.2 Å². The van der Waals surface area contributed by atoms with Crippen LogP contribution in [0, 0.1) is 0 Å². The number of fused-ring (bicyclic) bond motifs is 1. The van der Waals surface area contributed by atoms with Crippen LogP contribution in [0.5, 0.6) is 0 Å². The summed E-state index contributed by atoms with van der Waals surface area (Å²) in [5, 5.41) is 9.98. The van der Waals surface area contributed by atoms with Gasteiger partial charge in [-0.25, -0.2) is 9.97 Å². The van der Waals surface area contributed by atoms with E-state index in [1.165, 1.54) is 12.3 Å². The molecule has 1 fully saturated rings. The highest BCUT2D eigenvalue weighted by Crippen LogP contribution is 2.34. The van der Waals surface area contributed by atoms with E-state index in [1.807, 2.05) is 0 Å². The first-order valence-electron chi connectivity index (χ1n) is 6.76. The Morgan fingerprint density at radius 2 is 2.18 bits per heavy atom. The molecule has 3 heterocycles. The first-order valence-corrected chi connectivity index (χ1v) is 7.14. The highest BCUT2D eigenvalue weighted by atomic mass is 35.5. The average molecular weight is 332 g/mol. The number of halogens is 4. The fourth-order valence-corrected chi connectivity index (χ4v) is 2.88. The van der Waals surface area contributed by atoms with Gasteiger partial charge in [-0.1, -0.05) is 11.6 Å². The maximum atomic E-state index is 13.3. The molecule has 0 saturated carbocycles. The van der Waals surface area contributed by atoms with Gasteiger partial charge in [0.25, 0.3) is 0 Å². The van der Waals surface area contributed by atoms with Crippen LogP contribution in [0.1, 0.15) is 17.7 Å². The van der Waals surface area contributed by atoms with Crippen molar-refractivity contribution < 1.29 is 18.3 Å². The van der Waals surface area contributed by atoms with Crippen molar-refractivity contribution in [2.24, 2.45) is 0 Å². The fraction of sp³-hybridized carbons (Fsp3) is 0.429. The Labute approximate surface area is 129 Å². The maximum Gasteiger partial charge on any atom is 0.433 e. The number of aliphatic hydroxyl groups excluding tert-OH is 1. The van der Waals surface area contributed by atoms with Gasteiger partial charge in [-0.3, -0.25) is 4.90 Å². The third-order valence-corrected chi connectivity index (χ3v) is 3.95. The zero-order valence-electron chi connectivity index (χ0n) is 11.4. The molecule has 0 bridgehead atoms. The molecule has 1 saturated heterocycles. The highest BCUT2D eigenvalue weighted by Gasteiger charge is 2.36. The van der Waals surface area contributed by atoms with Gasteiger partial charge in [0.05, 0.1) is 6.10 Å². The number of hydrogen-bond donors (Lipinski definition) is 1. The molecule has 0 spiro atoms. The Kier molecular flexibility index (Phi) is 3.96. The van der Waals surface area contributed by atoms with Crippen LogP contribution in [0.25, 0.3) is 10.9 Å². The summed E-state index contributed by atoms with van der Waals surface area (Å²) in [6.07, 6.45) is -3.05. The minimum absolute atomic E-state index is 0.0432. The second-order valence-corrected chi connectivity index (χ2v) is 5.70. The van der Waals surface area contributed by atoms with E-state index in [2.05, 4.69) is 9.97 Å². The quantitative estimate of drug-likeness (QED) is 0.860. The lowest BCUT2D eigenvalue weighted by Crippen LogP contribution is -2.24. The van der Waals surface area contributed by atoms with Crippen molar-refractivity contribution in [2.75, 3.05) is 13.1 Å². The van der Waals surface area contributed by atoms with Crippen molar-refractivity contribution in [2.45, 2.75) is 25.2 Å². The Balaban J connectivity index is 2.06. The Morgan fingerprint density at radius 1 is 1.41 bits per heavy atom. The minimum atomic E-state index is -4.57. The van der Waals surface area contributed by atoms with E-state index in [9.17, 15) is 18.3 Å². The Hall–Kier alpha value is -1.44. The molecule has 1 aliphatic heterocycles. The number of nitrogens with zero attached hydrogens (tertiary/aromatic N) is 3. The predicted octanol–water partition coefficient (Wildman–Crippen LogP) is 2.87. The van der Waals surface area contributed by atoms with Gasteiger partial charge in [0.1, 0.15) is 11.2 Å². The fourth-order valence-electron chi connectivity index (χ4n) is 2.67. The molecule has 1 aliphatic rings. The predicted molar refractivity (Wildman–Crippen MR) is 75.5 cm³/mol. The van der Waals surface area contributed by atoms with E-state index in [1.54, 1.807) is 11.0 Å². The molecule has 2 aromatic heterocycles. The van der Waals surface area contributed by atoms with Gasteiger partial charge in [0, 0.05) is 31.2 Å². The van der Waals surface area contributed by atoms with Gasteiger partial charge in [-0.15, -0.1) is 0 Å². The van der Waals surface area contributed by atoms with E-state index in [0.717, 1.165) is 0 Å². The molecule has 0 radical (unpaired) electrons. The minimum Gasteiger partial charge on any atom is -0.392 e. The molecule has 8 heteroatoms. The van der Waals surface area contributed by atoms with Crippen molar-refractivity contribution in [1.29, 1.82) is 0 Å². The second-order valence-electron chi connectivity index (χ2n) is 5.34. The van der Waals surface area contributed by atoms with Crippen molar-refractivity contribution in [3.05, 3.63) is 34.7 Å². The van der Waals surface area contributed by atoms with Crippen LogP contribution in [0.15, 0.2) is 18.3 Å². The second kappa shape index (κ2) is 5.64. The molecule has 0 unspecified atom stereocenters. The van der Waals surface area contributed by atoms with Crippen LogP contribution in [0.2, 0.25) is 5.15 Å². The standard InChI is InChI=1S/C14H13ClF3N3O/c15-13-11-8(1-3-19-13)5-9(12(20-11)14(16,17)18)6-21-4-2-10(22)7-21/h1,3,5,10,22H,2,4,6-7H2/t10-/m1/s1. The molecule has 2 aromatic rings. The largest absolute Gasteiger partial charge is 0.433 e. The van der Waals surface area contributed by atoms with Crippen LogP contribution >= 0.6 is 11.6 Å². The molecule has 1 atom stereocenters. The molecule has 0 aliphatic carbocycles. The highest BCUT2D eigenvalue weighted by molar-refractivity contribution is 6.33. The van der Waals surface area contributed by atoms with Gasteiger partial charge in [-0.05, 0) is 24.1 Å². The molecule has 22 heavy (non-hydrogen) atoms. The number of β-amino-alcohol motifs (C(OH)–C–C–N with tert-alkyl or cyclic N) is 1. The van der Waals surface area contributed by atoms with Gasteiger partial charge >= 0.3 is 6.18 Å². The summed E-state index contributed by atoms with van der Waals surface area (Å²) < 4.78 is 39.8. The third kappa shape index (κ3) is 3.02. The zero-order chi connectivity index (χ0) is 15.9. The van der Waals surface area contributed by atoms with Gasteiger partial charge in [-0.2, -0.15) is 13.2 Å². The van der Waals surface area contributed by atoms with E-state index in [-0.39, 0.29) is 22.8 Å². The number of aliphatic hydroxyl groups is 1. The van der Waals surface area contributed by atoms with Crippen LogP contribution in [0.4, 0.5) is 13.2 Å². The average Bonchev–Trinajstić information content (AvgIpc) is 2.82. The summed E-state index contributed by atoms with van der Waals surface area (Å²) >= 11 is 5.84. The van der Waals surface area contributed by atoms with E-state index in [4.69, 9.17) is 11.6 Å². The summed E-state index contributed by atoms with van der Waals surface area (Å²) in [6, 6.07) is 3.03. The number of aromatic nitrogens is 2. The van der Waals surface area contributed by atoms with Crippen LogP contribution in [-0.2, 0) is 12.7 Å². The summed E-state index contributed by atoms with van der Waals surface area (Å²) in [5.74, 6) is 0. The lowest BCUT2D eigenvalue weighted by Gasteiger charge is -2.19. The van der Waals surface area contributed by atoms with E-state index in [0.29, 0.717) is 24.9 Å². The van der Waals surface area contributed by atoms with E-state index >= 15 is 0 Å². The molecule has 118 valence electrons. The van der Waals surface area contributed by atoms with Crippen molar-refractivity contribution in [1.82, 2.24) is 14.9 Å². The zero-order valence-corrected chi connectivity index (χ0v) is 12.2. The molecule has 0 aromatic carbocycles. The van der Waals surface area contributed by atoms with Crippen molar-refractivity contribution in [3.63, 3.8) is 0 Å². The lowest BCUT2D eigenvalue weighted by molar-refractivity contribution is -0.141. The molecular weight excluding hydrogens is 319 g/mol. The summed E-state index contributed by atoms with van der Waals surface area (Å²) in [4.78, 5) is 9.25. The molecule has 1 N–H and O–H groups in total. The van der Waals surface area contributed by atoms with Gasteiger partial charge < -0.3 is 5.11 Å². The number of pyridine rings is 2. The van der Waals surface area contributed by atoms with Gasteiger partial charge in [0.15, 0.2) is 5.15 Å². The van der Waals surface area contributed by atoms with Crippen LogP contribution in [-0.4, -0.2) is 39.2 Å². The first kappa shape index (κ1) is 15.5. The SMILES string of the molecule is O[C@@H]1CCN(Cc2cc3ccnc(Cl)c3nc2C(F)(F)F)C1. The molecular formula is C14H13ClF3N3O. The van der Waals surface area contributed by atoms with E-state index < -0.39 is 18.0 Å². The number of hydrogen-bond acceptors (Lipinski definition) is 4. The van der Waals surface area contributed by atoms with Crippen molar-refractivity contribution >= 4 is 22.5 Å².